The molecule has 1 rings (SSSR count). The zero-order valence-electron chi connectivity index (χ0n) is 13.5. The molecule has 4 heteroatoms. The molecular formula is C16H31NO3. The third kappa shape index (κ3) is 7.25. The summed E-state index contributed by atoms with van der Waals surface area (Å²) in [5.41, 5.74) is -0.456. The molecule has 1 fully saturated rings. The number of carboxylic acids is 1. The molecule has 1 atom stereocenters. The highest BCUT2D eigenvalue weighted by Crippen LogP contribution is 2.25. The average molecular weight is 285 g/mol. The van der Waals surface area contributed by atoms with Crippen molar-refractivity contribution in [2.45, 2.75) is 77.8 Å². The molecule has 2 N–H and O–H groups in total. The largest absolute Gasteiger partial charge is 0.480 e. The lowest BCUT2D eigenvalue weighted by Gasteiger charge is -2.26. The first-order valence-electron chi connectivity index (χ1n) is 7.82. The fraction of sp³-hybridized carbons (Fsp3) is 0.938. The van der Waals surface area contributed by atoms with E-state index in [2.05, 4.69) is 26.1 Å². The van der Waals surface area contributed by atoms with Crippen LogP contribution in [-0.2, 0) is 9.53 Å². The minimum absolute atomic E-state index is 0.316. The fourth-order valence-corrected chi connectivity index (χ4v) is 2.08. The third-order valence-corrected chi connectivity index (χ3v) is 3.78. The number of hydrogen-bond donors (Lipinski definition) is 2. The molecule has 1 unspecified atom stereocenters. The molecule has 0 aromatic carbocycles. The molecule has 0 bridgehead atoms. The number of unbranched alkanes of at least 4 members (excludes halogenated alkanes) is 1. The summed E-state index contributed by atoms with van der Waals surface area (Å²) in [6, 6.07) is 0.416. The first-order chi connectivity index (χ1) is 9.23. The van der Waals surface area contributed by atoms with Crippen LogP contribution in [0, 0.1) is 5.41 Å². The van der Waals surface area contributed by atoms with E-state index in [1.807, 2.05) is 0 Å². The molecule has 1 aliphatic carbocycles. The van der Waals surface area contributed by atoms with Gasteiger partial charge in [0.2, 0.25) is 0 Å². The van der Waals surface area contributed by atoms with Gasteiger partial charge in [0.05, 0.1) is 0 Å². The maximum Gasteiger partial charge on any atom is 0.323 e. The normalized spacial score (nSPS) is 18.8. The van der Waals surface area contributed by atoms with Crippen molar-refractivity contribution in [3.8, 4) is 0 Å². The van der Waals surface area contributed by atoms with Crippen molar-refractivity contribution in [1.82, 2.24) is 5.32 Å². The Morgan fingerprint density at radius 1 is 1.15 bits per heavy atom. The van der Waals surface area contributed by atoms with E-state index in [4.69, 9.17) is 4.74 Å². The summed E-state index contributed by atoms with van der Waals surface area (Å²) in [5, 5.41) is 12.6. The van der Waals surface area contributed by atoms with E-state index in [-0.39, 0.29) is 0 Å². The highest BCUT2D eigenvalue weighted by atomic mass is 16.5. The Bertz CT molecular complexity index is 307. The van der Waals surface area contributed by atoms with Gasteiger partial charge in [0, 0.05) is 19.3 Å². The van der Waals surface area contributed by atoms with Crippen LogP contribution in [0.25, 0.3) is 0 Å². The van der Waals surface area contributed by atoms with Gasteiger partial charge in [-0.3, -0.25) is 10.1 Å². The van der Waals surface area contributed by atoms with E-state index in [1.54, 1.807) is 6.92 Å². The molecule has 0 aromatic rings. The Hall–Kier alpha value is -0.610. The Balaban J connectivity index is 2.10. The molecule has 1 saturated carbocycles. The molecule has 1 aliphatic rings. The summed E-state index contributed by atoms with van der Waals surface area (Å²) in [6.45, 7) is 9.94. The summed E-state index contributed by atoms with van der Waals surface area (Å²) < 4.78 is 5.61. The molecule has 0 aromatic heterocycles. The summed E-state index contributed by atoms with van der Waals surface area (Å²) in [4.78, 5) is 11.4. The van der Waals surface area contributed by atoms with Crippen molar-refractivity contribution in [1.29, 1.82) is 0 Å². The summed E-state index contributed by atoms with van der Waals surface area (Å²) in [7, 11) is 0. The number of ether oxygens (including phenoxy) is 1. The van der Waals surface area contributed by atoms with Crippen molar-refractivity contribution < 1.29 is 14.6 Å². The molecule has 0 saturated heterocycles. The maximum absolute atomic E-state index is 11.4. The standard InChI is InChI=1S/C16H31NO3/c1-15(2,3)10-12-20-11-6-5-9-16(4,14(18)19)17-13-7-8-13/h13,17H,5-12H2,1-4H3,(H,18,19). The monoisotopic (exact) mass is 285 g/mol. The van der Waals surface area contributed by atoms with Gasteiger partial charge in [-0.25, -0.2) is 0 Å². The van der Waals surface area contributed by atoms with Crippen molar-refractivity contribution in [2.75, 3.05) is 13.2 Å². The Morgan fingerprint density at radius 2 is 1.80 bits per heavy atom. The quantitative estimate of drug-likeness (QED) is 0.605. The lowest BCUT2D eigenvalue weighted by atomic mass is 9.93. The third-order valence-electron chi connectivity index (χ3n) is 3.78. The van der Waals surface area contributed by atoms with E-state index in [0.29, 0.717) is 17.9 Å². The van der Waals surface area contributed by atoms with Gasteiger partial charge in [0.25, 0.3) is 0 Å². The van der Waals surface area contributed by atoms with Crippen molar-refractivity contribution in [2.24, 2.45) is 5.41 Å². The second kappa shape index (κ2) is 7.41. The number of carboxylic acid groups (broad SMARTS) is 1. The Kier molecular flexibility index (Phi) is 6.46. The van der Waals surface area contributed by atoms with Crippen LogP contribution in [0.15, 0.2) is 0 Å². The van der Waals surface area contributed by atoms with Crippen LogP contribution in [-0.4, -0.2) is 35.9 Å². The average Bonchev–Trinajstić information content (AvgIpc) is 3.10. The second-order valence-electron chi connectivity index (χ2n) is 7.44. The van der Waals surface area contributed by atoms with Crippen molar-refractivity contribution in [3.63, 3.8) is 0 Å². The molecule has 0 spiro atoms. The summed E-state index contributed by atoms with van der Waals surface area (Å²) >= 11 is 0. The van der Waals surface area contributed by atoms with Crippen LogP contribution in [0.5, 0.6) is 0 Å². The fourth-order valence-electron chi connectivity index (χ4n) is 2.08. The Labute approximate surface area is 123 Å². The summed E-state index contributed by atoms with van der Waals surface area (Å²) in [6.07, 6.45) is 5.76. The number of hydrogen-bond acceptors (Lipinski definition) is 3. The van der Waals surface area contributed by atoms with Gasteiger partial charge in [-0.1, -0.05) is 20.8 Å². The topological polar surface area (TPSA) is 58.6 Å². The second-order valence-corrected chi connectivity index (χ2v) is 7.44. The first-order valence-corrected chi connectivity index (χ1v) is 7.82. The number of rotatable bonds is 10. The minimum atomic E-state index is -0.771. The molecule has 0 radical (unpaired) electrons. The van der Waals surface area contributed by atoms with E-state index in [0.717, 1.165) is 45.3 Å². The van der Waals surface area contributed by atoms with Gasteiger partial charge < -0.3 is 9.84 Å². The van der Waals surface area contributed by atoms with Gasteiger partial charge in [0.1, 0.15) is 5.54 Å². The van der Waals surface area contributed by atoms with Gasteiger partial charge in [-0.05, 0) is 50.9 Å². The molecular weight excluding hydrogens is 254 g/mol. The number of carbonyl (C=O) groups is 1. The van der Waals surface area contributed by atoms with Crippen molar-refractivity contribution >= 4 is 5.97 Å². The Morgan fingerprint density at radius 3 is 2.30 bits per heavy atom. The van der Waals surface area contributed by atoms with Crippen molar-refractivity contribution in [3.05, 3.63) is 0 Å². The smallest absolute Gasteiger partial charge is 0.323 e. The van der Waals surface area contributed by atoms with Crippen LogP contribution >= 0.6 is 0 Å². The van der Waals surface area contributed by atoms with Crippen LogP contribution < -0.4 is 5.32 Å². The summed E-state index contributed by atoms with van der Waals surface area (Å²) in [5.74, 6) is -0.738. The predicted molar refractivity (Wildman–Crippen MR) is 80.9 cm³/mol. The predicted octanol–water partition coefficient (Wildman–Crippen LogP) is 3.20. The van der Waals surface area contributed by atoms with Crippen LogP contribution in [0.4, 0.5) is 0 Å². The minimum Gasteiger partial charge on any atom is -0.480 e. The van der Waals surface area contributed by atoms with E-state index in [1.165, 1.54) is 0 Å². The lowest BCUT2D eigenvalue weighted by Crippen LogP contribution is -2.50. The van der Waals surface area contributed by atoms with Gasteiger partial charge in [0.15, 0.2) is 0 Å². The maximum atomic E-state index is 11.4. The zero-order chi connectivity index (χ0) is 15.2. The van der Waals surface area contributed by atoms with Gasteiger partial charge in [-0.2, -0.15) is 0 Å². The molecule has 4 nitrogen and oxygen atoms in total. The van der Waals surface area contributed by atoms with E-state index in [9.17, 15) is 9.90 Å². The number of nitrogens with one attached hydrogen (secondary N) is 1. The SMILES string of the molecule is CC(C)(C)CCOCCCCC(C)(NC1CC1)C(=O)O. The van der Waals surface area contributed by atoms with E-state index >= 15 is 0 Å². The van der Waals surface area contributed by atoms with E-state index < -0.39 is 11.5 Å². The molecule has 118 valence electrons. The highest BCUT2D eigenvalue weighted by Gasteiger charge is 2.37. The van der Waals surface area contributed by atoms with Gasteiger partial charge >= 0.3 is 5.97 Å². The van der Waals surface area contributed by atoms with Gasteiger partial charge in [-0.15, -0.1) is 0 Å². The lowest BCUT2D eigenvalue weighted by molar-refractivity contribution is -0.144. The molecule has 0 heterocycles. The molecule has 0 aliphatic heterocycles. The molecule has 0 amide bonds. The van der Waals surface area contributed by atoms with Crippen LogP contribution in [0.3, 0.4) is 0 Å². The highest BCUT2D eigenvalue weighted by molar-refractivity contribution is 5.78. The zero-order valence-corrected chi connectivity index (χ0v) is 13.5. The number of aliphatic carboxylic acids is 1. The first kappa shape index (κ1) is 17.4. The molecule has 20 heavy (non-hydrogen) atoms. The van der Waals surface area contributed by atoms with Crippen LogP contribution in [0.2, 0.25) is 0 Å². The van der Waals surface area contributed by atoms with Crippen LogP contribution in [0.1, 0.15) is 66.2 Å².